The Morgan fingerprint density at radius 3 is 1.54 bits per heavy atom. The summed E-state index contributed by atoms with van der Waals surface area (Å²) in [4.78, 5) is 56.7. The molecule has 7 aromatic rings. The summed E-state index contributed by atoms with van der Waals surface area (Å²) in [7, 11) is 0. The molecule has 2 amide bonds. The SMILES string of the molecule is Cc1nc(N2C[C@H](O)[C@@H](N3CCN(C(=O)c4ccc(Cl)cc4)CC3)C2)c2cc(-c3nn[nH]n3)ccc2n1.Cc1nc(N2C[C@H](O)[C@@H](N3CCN(C(=O)c4ccc(Cl)cc4)CC3)C2)c2cc(C#N)ccc2n1. The molecule has 0 spiro atoms. The van der Waals surface area contributed by atoms with E-state index in [1.165, 1.54) is 0 Å². The van der Waals surface area contributed by atoms with Gasteiger partial charge in [0.2, 0.25) is 5.82 Å². The molecule has 0 bridgehead atoms. The molecule has 4 atom stereocenters. The van der Waals surface area contributed by atoms with Gasteiger partial charge in [-0.2, -0.15) is 10.5 Å². The predicted octanol–water partition coefficient (Wildman–Crippen LogP) is 4.25. The van der Waals surface area contributed by atoms with Crippen molar-refractivity contribution in [3.63, 3.8) is 0 Å². The first-order valence-corrected chi connectivity index (χ1v) is 24.3. The molecule has 19 nitrogen and oxygen atoms in total. The number of nitriles is 1. The van der Waals surface area contributed by atoms with Gasteiger partial charge in [0, 0.05) is 116 Å². The van der Waals surface area contributed by atoms with Crippen LogP contribution in [-0.2, 0) is 0 Å². The Morgan fingerprint density at radius 1 is 0.620 bits per heavy atom. The Labute approximate surface area is 419 Å². The third kappa shape index (κ3) is 10.2. The van der Waals surface area contributed by atoms with E-state index in [1.54, 1.807) is 54.6 Å². The van der Waals surface area contributed by atoms with E-state index in [0.29, 0.717) is 123 Å². The summed E-state index contributed by atoms with van der Waals surface area (Å²) in [5, 5.41) is 48.5. The van der Waals surface area contributed by atoms with E-state index >= 15 is 0 Å². The Hall–Kier alpha value is -6.92. The van der Waals surface area contributed by atoms with Crippen LogP contribution < -0.4 is 9.80 Å². The number of nitrogens with zero attached hydrogens (tertiary/aromatic N) is 14. The van der Waals surface area contributed by atoms with Crippen molar-refractivity contribution in [3.05, 3.63) is 123 Å². The topological polar surface area (TPSA) is 224 Å². The summed E-state index contributed by atoms with van der Waals surface area (Å²) in [5.74, 6) is 3.36. The number of rotatable bonds is 7. The van der Waals surface area contributed by atoms with Crippen LogP contribution in [-0.4, -0.2) is 185 Å². The van der Waals surface area contributed by atoms with Gasteiger partial charge in [-0.15, -0.1) is 10.2 Å². The number of benzene rings is 4. The highest BCUT2D eigenvalue weighted by molar-refractivity contribution is 6.31. The number of aromatic nitrogens is 8. The van der Waals surface area contributed by atoms with Crippen molar-refractivity contribution in [3.8, 4) is 17.5 Å². The van der Waals surface area contributed by atoms with Gasteiger partial charge in [0.1, 0.15) is 23.3 Å². The van der Waals surface area contributed by atoms with E-state index in [0.717, 1.165) is 39.0 Å². The first kappa shape index (κ1) is 47.7. The lowest BCUT2D eigenvalue weighted by molar-refractivity contribution is 0.0371. The highest BCUT2D eigenvalue weighted by atomic mass is 35.5. The van der Waals surface area contributed by atoms with Crippen LogP contribution in [0.5, 0.6) is 0 Å². The number of carbonyl (C=O) groups is 2. The maximum absolute atomic E-state index is 12.9. The predicted molar refractivity (Wildman–Crippen MR) is 268 cm³/mol. The van der Waals surface area contributed by atoms with Crippen LogP contribution in [0.2, 0.25) is 10.0 Å². The number of β-amino-alcohol motifs (C(OH)–C–C–N with tert-alkyl or cyclic N) is 2. The van der Waals surface area contributed by atoms with Gasteiger partial charge in [0.05, 0.1) is 47.0 Å². The van der Waals surface area contributed by atoms with Crippen molar-refractivity contribution in [1.82, 2.24) is 60.2 Å². The van der Waals surface area contributed by atoms with E-state index < -0.39 is 12.2 Å². The highest BCUT2D eigenvalue weighted by Crippen LogP contribution is 2.33. The number of H-pyrrole nitrogens is 1. The number of piperazine rings is 2. The molecule has 3 aromatic heterocycles. The maximum Gasteiger partial charge on any atom is 0.253 e. The maximum atomic E-state index is 12.9. The van der Waals surface area contributed by atoms with Crippen LogP contribution in [0.15, 0.2) is 84.9 Å². The molecule has 4 aromatic carbocycles. The van der Waals surface area contributed by atoms with E-state index in [2.05, 4.69) is 61.2 Å². The molecule has 11 rings (SSSR count). The zero-order chi connectivity index (χ0) is 49.3. The number of aliphatic hydroxyl groups is 2. The number of hydrogen-bond donors (Lipinski definition) is 3. The average molecular weight is 997 g/mol. The third-order valence-electron chi connectivity index (χ3n) is 13.7. The van der Waals surface area contributed by atoms with E-state index in [9.17, 15) is 25.1 Å². The molecule has 0 unspecified atom stereocenters. The second kappa shape index (κ2) is 20.4. The van der Waals surface area contributed by atoms with Crippen LogP contribution in [0.4, 0.5) is 11.6 Å². The summed E-state index contributed by atoms with van der Waals surface area (Å²) >= 11 is 11.9. The van der Waals surface area contributed by atoms with Gasteiger partial charge in [-0.25, -0.2) is 19.9 Å². The van der Waals surface area contributed by atoms with Crippen LogP contribution in [0.25, 0.3) is 33.2 Å². The molecule has 364 valence electrons. The number of carbonyl (C=O) groups excluding carboxylic acids is 2. The fourth-order valence-corrected chi connectivity index (χ4v) is 10.3. The zero-order valence-electron chi connectivity index (χ0n) is 39.1. The van der Waals surface area contributed by atoms with Crippen molar-refractivity contribution in [1.29, 1.82) is 5.26 Å². The first-order chi connectivity index (χ1) is 34.4. The monoisotopic (exact) mass is 995 g/mol. The fourth-order valence-electron chi connectivity index (χ4n) is 10.1. The molecular formula is C50H51Cl2N15O4. The summed E-state index contributed by atoms with van der Waals surface area (Å²) < 4.78 is 0. The second-order valence-electron chi connectivity index (χ2n) is 18.2. The highest BCUT2D eigenvalue weighted by Gasteiger charge is 2.40. The molecule has 71 heavy (non-hydrogen) atoms. The number of anilines is 2. The van der Waals surface area contributed by atoms with E-state index in [1.807, 2.05) is 54.0 Å². The van der Waals surface area contributed by atoms with Crippen molar-refractivity contribution in [2.24, 2.45) is 0 Å². The van der Waals surface area contributed by atoms with Crippen molar-refractivity contribution < 1.29 is 19.8 Å². The lowest BCUT2D eigenvalue weighted by Crippen LogP contribution is -2.54. The van der Waals surface area contributed by atoms with Crippen LogP contribution in [0.1, 0.15) is 37.9 Å². The number of nitrogens with one attached hydrogen (secondary N) is 1. The van der Waals surface area contributed by atoms with Crippen molar-refractivity contribution in [2.75, 3.05) is 88.3 Å². The molecule has 0 saturated carbocycles. The molecule has 4 aliphatic heterocycles. The third-order valence-corrected chi connectivity index (χ3v) is 14.3. The van der Waals surface area contributed by atoms with Crippen molar-refractivity contribution in [2.45, 2.75) is 38.1 Å². The minimum absolute atomic E-state index is 0.00106. The lowest BCUT2D eigenvalue weighted by atomic mass is 10.1. The summed E-state index contributed by atoms with van der Waals surface area (Å²) in [5.41, 5.74) is 4.24. The number of aryl methyl sites for hydroxylation is 2. The number of hydrogen-bond acceptors (Lipinski definition) is 16. The van der Waals surface area contributed by atoms with Crippen LogP contribution >= 0.6 is 23.2 Å². The molecule has 4 aliphatic rings. The molecule has 7 heterocycles. The number of halogens is 2. The molecule has 4 fully saturated rings. The summed E-state index contributed by atoms with van der Waals surface area (Å²) in [6, 6.07) is 27.2. The van der Waals surface area contributed by atoms with Gasteiger partial charge in [-0.3, -0.25) is 19.4 Å². The number of tetrazole rings is 1. The van der Waals surface area contributed by atoms with Gasteiger partial charge >= 0.3 is 0 Å². The number of aromatic amines is 1. The number of fused-ring (bicyclic) bond motifs is 2. The Morgan fingerprint density at radius 2 is 1.08 bits per heavy atom. The fraction of sp³-hybridized carbons (Fsp3) is 0.360. The molecule has 4 saturated heterocycles. The molecule has 21 heteroatoms. The zero-order valence-corrected chi connectivity index (χ0v) is 40.6. The van der Waals surface area contributed by atoms with Crippen molar-refractivity contribution >= 4 is 68.5 Å². The Bertz CT molecular complexity index is 3110. The van der Waals surface area contributed by atoms with E-state index in [-0.39, 0.29) is 23.9 Å². The normalized spacial score (nSPS) is 20.9. The number of aliphatic hydroxyl groups excluding tert-OH is 2. The molecule has 3 N–H and O–H groups in total. The minimum atomic E-state index is -0.539. The molecular weight excluding hydrogens is 946 g/mol. The smallest absolute Gasteiger partial charge is 0.253 e. The van der Waals surface area contributed by atoms with Gasteiger partial charge in [0.15, 0.2) is 0 Å². The first-order valence-electron chi connectivity index (χ1n) is 23.5. The summed E-state index contributed by atoms with van der Waals surface area (Å²) in [6.07, 6.45) is -1.08. The largest absolute Gasteiger partial charge is 0.390 e. The average Bonchev–Trinajstić information content (AvgIpc) is 4.17. The van der Waals surface area contributed by atoms with Gasteiger partial charge in [-0.1, -0.05) is 23.2 Å². The summed E-state index contributed by atoms with van der Waals surface area (Å²) in [6.45, 7) is 11.1. The second-order valence-corrected chi connectivity index (χ2v) is 19.1. The minimum Gasteiger partial charge on any atom is -0.390 e. The number of amides is 2. The molecule has 0 radical (unpaired) electrons. The van der Waals surface area contributed by atoms with E-state index in [4.69, 9.17) is 28.2 Å². The van der Waals surface area contributed by atoms with Crippen LogP contribution in [0, 0.1) is 25.2 Å². The van der Waals surface area contributed by atoms with Gasteiger partial charge < -0.3 is 29.8 Å². The van der Waals surface area contributed by atoms with Gasteiger partial charge in [0.25, 0.3) is 11.8 Å². The Kier molecular flexibility index (Phi) is 13.7. The van der Waals surface area contributed by atoms with Gasteiger partial charge in [-0.05, 0) is 104 Å². The lowest BCUT2D eigenvalue weighted by Gasteiger charge is -2.38. The molecule has 0 aliphatic carbocycles. The standard InChI is InChI=1S/C25H26ClN9O2.C25H25ClN6O2/c1-15-27-20-7-4-17(23-29-31-32-30-23)12-19(20)24(28-15)35-13-21(22(36)14-35)33-8-10-34(11-9-33)25(37)16-2-5-18(26)6-3-16;1-16-28-21-7-2-17(13-27)12-20(21)24(29-16)32-14-22(23(33)15-32)30-8-10-31(11-9-30)25(34)18-3-5-19(26)6-4-18/h2-7,12,21-22,36H,8-11,13-14H2,1H3,(H,29,30,31,32);2-7,12,22-23,33H,8-11,14-15H2,1H3/t21-,22-;22-,23-/m00/s1. The van der Waals surface area contributed by atoms with Crippen LogP contribution in [0.3, 0.4) is 0 Å². The quantitative estimate of drug-likeness (QED) is 0.203. The Balaban J connectivity index is 0.000000165.